The van der Waals surface area contributed by atoms with E-state index in [0.717, 1.165) is 5.56 Å². The van der Waals surface area contributed by atoms with Gasteiger partial charge in [0.15, 0.2) is 11.4 Å². The molecule has 5 nitrogen and oxygen atoms in total. The number of methoxy groups -OCH3 is 1. The largest absolute Gasteiger partial charge is 0.493 e. The molecule has 3 rings (SSSR count). The molecule has 2 aromatic heterocycles. The third kappa shape index (κ3) is 3.01. The van der Waals surface area contributed by atoms with Crippen LogP contribution in [0, 0.1) is 5.82 Å². The lowest BCUT2D eigenvalue weighted by atomic mass is 10.1. The summed E-state index contributed by atoms with van der Waals surface area (Å²) in [5.41, 5.74) is 2.67. The van der Waals surface area contributed by atoms with Crippen LogP contribution in [0.3, 0.4) is 0 Å². The standard InChI is InChI=1S/C17H15FN2O3/c1-23-15-3-2-8-20-14(10-16(21)22)13(19-17(15)20)9-11-4-6-12(18)7-5-11/h2-8H,9-10H2,1H3,(H,21,22). The number of aliphatic carboxylic acids is 1. The Bertz CT molecular complexity index is 856. The van der Waals surface area contributed by atoms with Crippen LogP contribution in [-0.4, -0.2) is 27.6 Å². The molecular weight excluding hydrogens is 299 g/mol. The molecule has 0 aliphatic heterocycles. The highest BCUT2D eigenvalue weighted by molar-refractivity contribution is 5.71. The van der Waals surface area contributed by atoms with Crippen LogP contribution in [0.15, 0.2) is 42.6 Å². The highest BCUT2D eigenvalue weighted by atomic mass is 19.1. The van der Waals surface area contributed by atoms with Crippen LogP contribution in [0.5, 0.6) is 5.75 Å². The normalized spacial score (nSPS) is 10.9. The number of carbonyl (C=O) groups is 1. The van der Waals surface area contributed by atoms with Crippen LogP contribution < -0.4 is 4.74 Å². The van der Waals surface area contributed by atoms with Crippen molar-refractivity contribution in [1.29, 1.82) is 0 Å². The molecule has 0 aliphatic carbocycles. The van der Waals surface area contributed by atoms with E-state index in [9.17, 15) is 14.3 Å². The maximum absolute atomic E-state index is 13.0. The Morgan fingerprint density at radius 3 is 2.70 bits per heavy atom. The van der Waals surface area contributed by atoms with Crippen molar-refractivity contribution in [2.45, 2.75) is 12.8 Å². The highest BCUT2D eigenvalue weighted by Gasteiger charge is 2.17. The lowest BCUT2D eigenvalue weighted by molar-refractivity contribution is -0.136. The summed E-state index contributed by atoms with van der Waals surface area (Å²) in [6.07, 6.45) is 2.04. The van der Waals surface area contributed by atoms with Crippen LogP contribution in [0.1, 0.15) is 17.0 Å². The van der Waals surface area contributed by atoms with Crippen molar-refractivity contribution < 1.29 is 19.0 Å². The fraction of sp³-hybridized carbons (Fsp3) is 0.176. The third-order valence-electron chi connectivity index (χ3n) is 3.62. The number of pyridine rings is 1. The minimum absolute atomic E-state index is 0.148. The number of imidazole rings is 1. The van der Waals surface area contributed by atoms with E-state index in [0.29, 0.717) is 29.2 Å². The average Bonchev–Trinajstić information content (AvgIpc) is 2.87. The van der Waals surface area contributed by atoms with E-state index in [1.54, 1.807) is 42.0 Å². The molecule has 1 aromatic carbocycles. The molecular formula is C17H15FN2O3. The average molecular weight is 314 g/mol. The van der Waals surface area contributed by atoms with Gasteiger partial charge in [0.25, 0.3) is 0 Å². The summed E-state index contributed by atoms with van der Waals surface area (Å²) in [6.45, 7) is 0. The second-order valence-electron chi connectivity index (χ2n) is 5.15. The second-order valence-corrected chi connectivity index (χ2v) is 5.15. The van der Waals surface area contributed by atoms with Gasteiger partial charge in [0.2, 0.25) is 0 Å². The monoisotopic (exact) mass is 314 g/mol. The summed E-state index contributed by atoms with van der Waals surface area (Å²) < 4.78 is 20.0. The van der Waals surface area contributed by atoms with E-state index in [-0.39, 0.29) is 12.2 Å². The molecule has 118 valence electrons. The molecule has 0 radical (unpaired) electrons. The van der Waals surface area contributed by atoms with Crippen molar-refractivity contribution in [2.24, 2.45) is 0 Å². The first-order valence-electron chi connectivity index (χ1n) is 7.07. The summed E-state index contributed by atoms with van der Waals surface area (Å²) in [6, 6.07) is 9.64. The first-order chi connectivity index (χ1) is 11.1. The molecule has 0 spiro atoms. The van der Waals surface area contributed by atoms with E-state index >= 15 is 0 Å². The second kappa shape index (κ2) is 6.08. The molecule has 0 atom stereocenters. The predicted octanol–water partition coefficient (Wildman–Crippen LogP) is 2.70. The van der Waals surface area contributed by atoms with Gasteiger partial charge in [0, 0.05) is 12.6 Å². The molecule has 0 fully saturated rings. The number of aromatic nitrogens is 2. The quantitative estimate of drug-likeness (QED) is 0.786. The van der Waals surface area contributed by atoms with Crippen molar-refractivity contribution >= 4 is 11.6 Å². The van der Waals surface area contributed by atoms with E-state index in [2.05, 4.69) is 4.98 Å². The molecule has 3 aromatic rings. The first-order valence-corrected chi connectivity index (χ1v) is 7.07. The molecule has 2 heterocycles. The van der Waals surface area contributed by atoms with Crippen LogP contribution in [0.2, 0.25) is 0 Å². The number of fused-ring (bicyclic) bond motifs is 1. The summed E-state index contributed by atoms with van der Waals surface area (Å²) in [7, 11) is 1.54. The number of carboxylic acid groups (broad SMARTS) is 1. The predicted molar refractivity (Wildman–Crippen MR) is 82.3 cm³/mol. The molecule has 23 heavy (non-hydrogen) atoms. The van der Waals surface area contributed by atoms with Crippen molar-refractivity contribution in [3.8, 4) is 5.75 Å². The number of hydrogen-bond acceptors (Lipinski definition) is 3. The van der Waals surface area contributed by atoms with E-state index in [4.69, 9.17) is 4.74 Å². The van der Waals surface area contributed by atoms with Crippen LogP contribution in [0.25, 0.3) is 5.65 Å². The molecule has 0 unspecified atom stereocenters. The number of hydrogen-bond donors (Lipinski definition) is 1. The topological polar surface area (TPSA) is 63.8 Å². The number of ether oxygens (including phenoxy) is 1. The number of rotatable bonds is 5. The Kier molecular flexibility index (Phi) is 3.97. The minimum Gasteiger partial charge on any atom is -0.493 e. The molecule has 0 amide bonds. The Balaban J connectivity index is 2.10. The zero-order chi connectivity index (χ0) is 16.4. The van der Waals surface area contributed by atoms with Gasteiger partial charge in [0.1, 0.15) is 5.82 Å². The smallest absolute Gasteiger partial charge is 0.309 e. The first kappa shape index (κ1) is 15.0. The van der Waals surface area contributed by atoms with E-state index < -0.39 is 5.97 Å². The van der Waals surface area contributed by atoms with E-state index in [1.807, 2.05) is 0 Å². The zero-order valence-corrected chi connectivity index (χ0v) is 12.5. The molecule has 0 bridgehead atoms. The molecule has 0 saturated carbocycles. The van der Waals surface area contributed by atoms with Gasteiger partial charge >= 0.3 is 5.97 Å². The molecule has 6 heteroatoms. The van der Waals surface area contributed by atoms with Gasteiger partial charge in [-0.15, -0.1) is 0 Å². The Morgan fingerprint density at radius 1 is 1.30 bits per heavy atom. The van der Waals surface area contributed by atoms with Crippen molar-refractivity contribution in [2.75, 3.05) is 7.11 Å². The van der Waals surface area contributed by atoms with Crippen LogP contribution in [0.4, 0.5) is 4.39 Å². The highest BCUT2D eigenvalue weighted by Crippen LogP contribution is 2.24. The number of nitrogens with zero attached hydrogens (tertiary/aromatic N) is 2. The van der Waals surface area contributed by atoms with Gasteiger partial charge in [-0.25, -0.2) is 9.37 Å². The van der Waals surface area contributed by atoms with Gasteiger partial charge in [-0.1, -0.05) is 12.1 Å². The Morgan fingerprint density at radius 2 is 2.04 bits per heavy atom. The van der Waals surface area contributed by atoms with Gasteiger partial charge in [-0.3, -0.25) is 4.79 Å². The number of benzene rings is 1. The van der Waals surface area contributed by atoms with Crippen molar-refractivity contribution in [1.82, 2.24) is 9.38 Å². The lowest BCUT2D eigenvalue weighted by Gasteiger charge is -2.04. The zero-order valence-electron chi connectivity index (χ0n) is 12.5. The van der Waals surface area contributed by atoms with Gasteiger partial charge in [-0.05, 0) is 29.8 Å². The molecule has 1 N–H and O–H groups in total. The summed E-state index contributed by atoms with van der Waals surface area (Å²) in [5, 5.41) is 9.18. The Labute approximate surface area is 132 Å². The van der Waals surface area contributed by atoms with Gasteiger partial charge in [0.05, 0.1) is 24.9 Å². The minimum atomic E-state index is -0.935. The van der Waals surface area contributed by atoms with Gasteiger partial charge < -0.3 is 14.2 Å². The van der Waals surface area contributed by atoms with E-state index in [1.165, 1.54) is 12.1 Å². The summed E-state index contributed by atoms with van der Waals surface area (Å²) in [4.78, 5) is 15.7. The van der Waals surface area contributed by atoms with Crippen molar-refractivity contribution in [3.63, 3.8) is 0 Å². The third-order valence-corrected chi connectivity index (χ3v) is 3.62. The van der Waals surface area contributed by atoms with Crippen molar-refractivity contribution in [3.05, 3.63) is 65.4 Å². The maximum Gasteiger partial charge on any atom is 0.309 e. The SMILES string of the molecule is COc1cccn2c(CC(=O)O)c(Cc3ccc(F)cc3)nc12. The fourth-order valence-corrected chi connectivity index (χ4v) is 2.57. The van der Waals surface area contributed by atoms with Gasteiger partial charge in [-0.2, -0.15) is 0 Å². The lowest BCUT2D eigenvalue weighted by Crippen LogP contribution is -2.06. The number of carboxylic acids is 1. The fourth-order valence-electron chi connectivity index (χ4n) is 2.57. The Hall–Kier alpha value is -2.89. The molecule has 0 aliphatic rings. The van der Waals surface area contributed by atoms with Crippen LogP contribution in [-0.2, 0) is 17.6 Å². The number of halogens is 1. The molecule has 0 saturated heterocycles. The summed E-state index contributed by atoms with van der Waals surface area (Å²) >= 11 is 0. The summed E-state index contributed by atoms with van der Waals surface area (Å²) in [5.74, 6) is -0.671. The van der Waals surface area contributed by atoms with Crippen LogP contribution >= 0.6 is 0 Å². The maximum atomic E-state index is 13.0.